The topological polar surface area (TPSA) is 98.3 Å². The Bertz CT molecular complexity index is 954. The van der Waals surface area contributed by atoms with E-state index in [0.717, 1.165) is 28.8 Å². The van der Waals surface area contributed by atoms with Gasteiger partial charge in [0.2, 0.25) is 0 Å². The third-order valence-electron chi connectivity index (χ3n) is 5.30. The van der Waals surface area contributed by atoms with Gasteiger partial charge in [0, 0.05) is 35.9 Å². The Hall–Kier alpha value is -3.22. The molecule has 0 aromatic heterocycles. The van der Waals surface area contributed by atoms with Gasteiger partial charge < -0.3 is 5.32 Å². The Morgan fingerprint density at radius 3 is 2.58 bits per heavy atom. The minimum absolute atomic E-state index is 0.0640. The zero-order chi connectivity index (χ0) is 18.4. The highest BCUT2D eigenvalue weighted by Gasteiger charge is 2.39. The number of nitrogens with one attached hydrogen (secondary N) is 1. The van der Waals surface area contributed by atoms with Gasteiger partial charge in [0.05, 0.1) is 15.9 Å². The maximum atomic E-state index is 11.2. The van der Waals surface area contributed by atoms with Gasteiger partial charge in [-0.1, -0.05) is 24.3 Å². The molecule has 1 aliphatic carbocycles. The third-order valence-corrected chi connectivity index (χ3v) is 5.30. The number of aryl methyl sites for hydroxylation is 1. The number of anilines is 1. The number of allylic oxidation sites excluding steroid dienone is 2. The van der Waals surface area contributed by atoms with Crippen molar-refractivity contribution < 1.29 is 9.85 Å². The number of rotatable bonds is 3. The van der Waals surface area contributed by atoms with Crippen LogP contribution in [0.25, 0.3) is 0 Å². The van der Waals surface area contributed by atoms with Crippen LogP contribution in [0.5, 0.6) is 0 Å². The number of fused-ring (bicyclic) bond motifs is 3. The first-order valence-corrected chi connectivity index (χ1v) is 8.42. The molecule has 7 heteroatoms. The molecule has 26 heavy (non-hydrogen) atoms. The number of hydrogen-bond donors (Lipinski definition) is 1. The summed E-state index contributed by atoms with van der Waals surface area (Å²) in [5.74, 6) is 0.236. The van der Waals surface area contributed by atoms with Gasteiger partial charge in [-0.2, -0.15) is 0 Å². The van der Waals surface area contributed by atoms with Crippen LogP contribution in [0, 0.1) is 33.1 Å². The summed E-state index contributed by atoms with van der Waals surface area (Å²) < 4.78 is 0. The van der Waals surface area contributed by atoms with E-state index >= 15 is 0 Å². The zero-order valence-electron chi connectivity index (χ0n) is 14.1. The molecule has 1 N–H and O–H groups in total. The van der Waals surface area contributed by atoms with Crippen molar-refractivity contribution in [2.24, 2.45) is 5.92 Å². The van der Waals surface area contributed by atoms with Gasteiger partial charge in [0.25, 0.3) is 11.4 Å². The highest BCUT2D eigenvalue weighted by molar-refractivity contribution is 5.67. The van der Waals surface area contributed by atoms with Crippen molar-refractivity contribution in [2.45, 2.75) is 25.3 Å². The molecule has 2 aromatic rings. The van der Waals surface area contributed by atoms with E-state index in [-0.39, 0.29) is 39.1 Å². The maximum absolute atomic E-state index is 11.2. The molecule has 0 saturated carbocycles. The van der Waals surface area contributed by atoms with E-state index < -0.39 is 0 Å². The lowest BCUT2D eigenvalue weighted by Gasteiger charge is -2.38. The summed E-state index contributed by atoms with van der Waals surface area (Å²) in [6, 6.07) is 9.82. The van der Waals surface area contributed by atoms with Crippen molar-refractivity contribution in [1.82, 2.24) is 0 Å². The van der Waals surface area contributed by atoms with Gasteiger partial charge >= 0.3 is 0 Å². The maximum Gasteiger partial charge on any atom is 0.270 e. The van der Waals surface area contributed by atoms with Crippen molar-refractivity contribution in [3.05, 3.63) is 85.5 Å². The fourth-order valence-corrected chi connectivity index (χ4v) is 4.13. The zero-order valence-corrected chi connectivity index (χ0v) is 14.1. The summed E-state index contributed by atoms with van der Waals surface area (Å²) in [4.78, 5) is 21.6. The van der Waals surface area contributed by atoms with E-state index in [0.29, 0.717) is 0 Å². The second-order valence-electron chi connectivity index (χ2n) is 6.81. The van der Waals surface area contributed by atoms with Crippen LogP contribution in [0.3, 0.4) is 0 Å². The average Bonchev–Trinajstić information content (AvgIpc) is 3.11. The minimum atomic E-state index is -0.390. The summed E-state index contributed by atoms with van der Waals surface area (Å²) in [5, 5.41) is 25.8. The fraction of sp³-hybridized carbons (Fsp3) is 0.263. The van der Waals surface area contributed by atoms with Gasteiger partial charge in [-0.25, -0.2) is 0 Å². The SMILES string of the molecule is Cc1cc([N+](=O)[O-])cc2c1N[C@H](c1cccc([N+](=O)[O-])c1)[C@@H]1CC=C[C@H]21. The minimum Gasteiger partial charge on any atom is -0.377 e. The van der Waals surface area contributed by atoms with Crippen LogP contribution in [0.1, 0.15) is 35.1 Å². The van der Waals surface area contributed by atoms with Crippen molar-refractivity contribution in [2.75, 3.05) is 5.32 Å². The average molecular weight is 351 g/mol. The first-order valence-electron chi connectivity index (χ1n) is 8.42. The highest BCUT2D eigenvalue weighted by atomic mass is 16.6. The molecule has 0 fully saturated rings. The van der Waals surface area contributed by atoms with Crippen molar-refractivity contribution in [1.29, 1.82) is 0 Å². The van der Waals surface area contributed by atoms with Crippen LogP contribution < -0.4 is 5.32 Å². The third kappa shape index (κ3) is 2.52. The Morgan fingerprint density at radius 1 is 1.08 bits per heavy atom. The number of non-ortho nitro benzene ring substituents is 2. The molecule has 3 atom stereocenters. The van der Waals surface area contributed by atoms with Crippen molar-refractivity contribution in [3.63, 3.8) is 0 Å². The van der Waals surface area contributed by atoms with Crippen LogP contribution >= 0.6 is 0 Å². The Morgan fingerprint density at radius 2 is 1.85 bits per heavy atom. The monoisotopic (exact) mass is 351 g/mol. The molecule has 2 aliphatic rings. The lowest BCUT2D eigenvalue weighted by molar-refractivity contribution is -0.385. The smallest absolute Gasteiger partial charge is 0.270 e. The molecule has 4 rings (SSSR count). The van der Waals surface area contributed by atoms with Crippen LogP contribution in [0.4, 0.5) is 17.1 Å². The standard InChI is InChI=1S/C19H17N3O4/c1-11-8-14(22(25)26)10-17-15-6-3-7-16(15)19(20-18(11)17)12-4-2-5-13(9-12)21(23)24/h2-6,8-10,15-16,19-20H,7H2,1H3/t15-,16+,19+/m0/s1. The van der Waals surface area contributed by atoms with E-state index in [9.17, 15) is 20.2 Å². The summed E-state index contributed by atoms with van der Waals surface area (Å²) in [5.41, 5.74) is 3.65. The molecule has 2 aromatic carbocycles. The quantitative estimate of drug-likeness (QED) is 0.493. The molecule has 0 radical (unpaired) electrons. The fourth-order valence-electron chi connectivity index (χ4n) is 4.13. The van der Waals surface area contributed by atoms with Gasteiger partial charge in [-0.05, 0) is 36.0 Å². The predicted octanol–water partition coefficient (Wildman–Crippen LogP) is 4.64. The molecule has 0 unspecified atom stereocenters. The van der Waals surface area contributed by atoms with Crippen LogP contribution in [0.15, 0.2) is 48.6 Å². The number of nitrogens with zero attached hydrogens (tertiary/aromatic N) is 2. The molecule has 7 nitrogen and oxygen atoms in total. The Labute approximate surface area is 149 Å². The van der Waals surface area contributed by atoms with Crippen LogP contribution in [0.2, 0.25) is 0 Å². The lowest BCUT2D eigenvalue weighted by Crippen LogP contribution is -2.29. The number of benzene rings is 2. The molecule has 132 valence electrons. The summed E-state index contributed by atoms with van der Waals surface area (Å²) >= 11 is 0. The number of nitro groups is 2. The number of nitro benzene ring substituents is 2. The highest BCUT2D eigenvalue weighted by Crippen LogP contribution is 2.51. The second kappa shape index (κ2) is 5.94. The van der Waals surface area contributed by atoms with Gasteiger partial charge in [0.15, 0.2) is 0 Å². The molecular formula is C19H17N3O4. The summed E-state index contributed by atoms with van der Waals surface area (Å²) in [6.45, 7) is 1.85. The Kier molecular flexibility index (Phi) is 3.72. The first-order chi connectivity index (χ1) is 12.5. The molecule has 1 heterocycles. The number of hydrogen-bond acceptors (Lipinski definition) is 5. The van der Waals surface area contributed by atoms with E-state index in [4.69, 9.17) is 0 Å². The van der Waals surface area contributed by atoms with Gasteiger partial charge in [-0.3, -0.25) is 20.2 Å². The summed E-state index contributed by atoms with van der Waals surface area (Å²) in [6.07, 6.45) is 5.01. The van der Waals surface area contributed by atoms with Crippen LogP contribution in [-0.2, 0) is 0 Å². The molecule has 0 bridgehead atoms. The van der Waals surface area contributed by atoms with Gasteiger partial charge in [-0.15, -0.1) is 0 Å². The summed E-state index contributed by atoms with van der Waals surface area (Å²) in [7, 11) is 0. The van der Waals surface area contributed by atoms with E-state index in [1.165, 1.54) is 6.07 Å². The van der Waals surface area contributed by atoms with E-state index in [2.05, 4.69) is 17.5 Å². The van der Waals surface area contributed by atoms with E-state index in [1.807, 2.05) is 13.0 Å². The molecule has 1 aliphatic heterocycles. The van der Waals surface area contributed by atoms with Crippen molar-refractivity contribution >= 4 is 17.1 Å². The largest absolute Gasteiger partial charge is 0.377 e. The molecule has 0 saturated heterocycles. The molecular weight excluding hydrogens is 334 g/mol. The second-order valence-corrected chi connectivity index (χ2v) is 6.81. The normalized spacial score (nSPS) is 23.0. The first kappa shape index (κ1) is 16.3. The lowest BCUT2D eigenvalue weighted by atomic mass is 9.76. The predicted molar refractivity (Wildman–Crippen MR) is 97.3 cm³/mol. The van der Waals surface area contributed by atoms with Crippen LogP contribution in [-0.4, -0.2) is 9.85 Å². The molecule has 0 spiro atoms. The van der Waals surface area contributed by atoms with E-state index in [1.54, 1.807) is 24.3 Å². The molecule has 0 amide bonds. The van der Waals surface area contributed by atoms with Crippen molar-refractivity contribution in [3.8, 4) is 0 Å². The Balaban J connectivity index is 1.81. The van der Waals surface area contributed by atoms with Gasteiger partial charge in [0.1, 0.15) is 0 Å².